The Labute approximate surface area is 198 Å². The van der Waals surface area contributed by atoms with E-state index >= 15 is 0 Å². The van der Waals surface area contributed by atoms with Gasteiger partial charge >= 0.3 is 6.18 Å². The highest BCUT2D eigenvalue weighted by molar-refractivity contribution is 6.08. The molecule has 0 radical (unpaired) electrons. The number of likely N-dealkylation sites (tertiary alicyclic amines) is 1. The highest BCUT2D eigenvalue weighted by atomic mass is 19.4. The Kier molecular flexibility index (Phi) is 5.98. The van der Waals surface area contributed by atoms with Crippen LogP contribution >= 0.6 is 0 Å². The highest BCUT2D eigenvalue weighted by Gasteiger charge is 2.53. The van der Waals surface area contributed by atoms with Crippen molar-refractivity contribution in [1.29, 1.82) is 0 Å². The number of nitrogens with zero attached hydrogens (tertiary/aromatic N) is 3. The molecule has 2 aromatic heterocycles. The number of fused-ring (bicyclic) bond motifs is 3. The number of carbonyl (C=O) groups is 1. The number of carbonyl (C=O) groups excluding carboxylic acids is 1. The smallest absolute Gasteiger partial charge is 0.417 e. The van der Waals surface area contributed by atoms with Gasteiger partial charge < -0.3 is 14.4 Å². The summed E-state index contributed by atoms with van der Waals surface area (Å²) in [6.07, 6.45) is -1.20. The molecule has 2 aliphatic rings. The number of halogens is 4. The number of hydrogen-bond acceptors (Lipinski definition) is 5. The number of alkyl halides is 4. The fourth-order valence-electron chi connectivity index (χ4n) is 5.20. The summed E-state index contributed by atoms with van der Waals surface area (Å²) in [4.78, 5) is 23.9. The van der Waals surface area contributed by atoms with Gasteiger partial charge in [0.2, 0.25) is 5.88 Å². The molecule has 1 aliphatic carbocycles. The Morgan fingerprint density at radius 2 is 1.97 bits per heavy atom. The summed E-state index contributed by atoms with van der Waals surface area (Å²) in [6, 6.07) is 8.76. The van der Waals surface area contributed by atoms with E-state index in [0.29, 0.717) is 18.4 Å². The minimum atomic E-state index is -4.48. The maximum atomic E-state index is 13.9. The quantitative estimate of drug-likeness (QED) is 0.453. The number of hydrogen-bond donors (Lipinski definition) is 0. The molecular weight excluding hydrogens is 466 g/mol. The normalized spacial score (nSPS) is 23.6. The van der Waals surface area contributed by atoms with Crippen LogP contribution in [0.1, 0.15) is 35.7 Å². The summed E-state index contributed by atoms with van der Waals surface area (Å²) < 4.78 is 62.9. The Hall–Kier alpha value is -3.43. The number of ether oxygens (including phenoxy) is 2. The molecule has 0 unspecified atom stereocenters. The number of piperidine rings is 1. The molecule has 1 saturated carbocycles. The fourth-order valence-corrected chi connectivity index (χ4v) is 5.20. The predicted molar refractivity (Wildman–Crippen MR) is 119 cm³/mol. The van der Waals surface area contributed by atoms with Gasteiger partial charge in [0, 0.05) is 29.9 Å². The molecule has 5 rings (SSSR count). The Morgan fingerprint density at radius 1 is 1.14 bits per heavy atom. The Bertz CT molecular complexity index is 1230. The summed E-state index contributed by atoms with van der Waals surface area (Å²) in [5, 5.41) is 0.752. The molecule has 35 heavy (non-hydrogen) atoms. The summed E-state index contributed by atoms with van der Waals surface area (Å²) >= 11 is 0. The topological polar surface area (TPSA) is 64.5 Å². The first-order valence-electron chi connectivity index (χ1n) is 11.4. The first-order valence-corrected chi connectivity index (χ1v) is 11.4. The van der Waals surface area contributed by atoms with E-state index in [1.807, 2.05) is 13.0 Å². The predicted octanol–water partition coefficient (Wildman–Crippen LogP) is 5.07. The Morgan fingerprint density at radius 3 is 2.66 bits per heavy atom. The van der Waals surface area contributed by atoms with Crippen molar-refractivity contribution in [1.82, 2.24) is 14.9 Å². The van der Waals surface area contributed by atoms with Gasteiger partial charge in [-0.2, -0.15) is 13.2 Å². The minimum absolute atomic E-state index is 0.0781. The fraction of sp³-hybridized carbons (Fsp3) is 0.400. The number of rotatable bonds is 6. The lowest BCUT2D eigenvalue weighted by molar-refractivity contribution is -0.137. The van der Waals surface area contributed by atoms with Crippen molar-refractivity contribution in [3.8, 4) is 11.6 Å². The van der Waals surface area contributed by atoms with Crippen molar-refractivity contribution < 1.29 is 31.8 Å². The van der Waals surface area contributed by atoms with Crippen LogP contribution in [0, 0.1) is 5.92 Å². The van der Waals surface area contributed by atoms with Crippen LogP contribution in [0.15, 0.2) is 48.8 Å². The SMILES string of the molecule is C[C@@H]1[C@H]2C[C@@H](Oc3ccc(C(F)(F)F)cn3)[C@H](C2)N1C(=O)c1c(OCCF)ccc2cccnc12. The van der Waals surface area contributed by atoms with Crippen LogP contribution in [0.4, 0.5) is 17.6 Å². The van der Waals surface area contributed by atoms with E-state index in [-0.39, 0.29) is 47.7 Å². The molecule has 1 aliphatic heterocycles. The number of pyridine rings is 2. The van der Waals surface area contributed by atoms with E-state index in [1.54, 1.807) is 29.3 Å². The average molecular weight is 489 g/mol. The van der Waals surface area contributed by atoms with Crippen LogP contribution in [-0.2, 0) is 6.18 Å². The van der Waals surface area contributed by atoms with Gasteiger partial charge in [0.1, 0.15) is 30.7 Å². The van der Waals surface area contributed by atoms with Crippen molar-refractivity contribution in [2.45, 2.75) is 44.1 Å². The molecule has 184 valence electrons. The van der Waals surface area contributed by atoms with Gasteiger partial charge in [-0.05, 0) is 49.9 Å². The summed E-state index contributed by atoms with van der Waals surface area (Å²) in [6.45, 7) is 1.08. The van der Waals surface area contributed by atoms with Gasteiger partial charge in [0.25, 0.3) is 5.91 Å². The van der Waals surface area contributed by atoms with E-state index in [4.69, 9.17) is 9.47 Å². The van der Waals surface area contributed by atoms with Crippen LogP contribution in [0.2, 0.25) is 0 Å². The zero-order valence-corrected chi connectivity index (χ0v) is 18.8. The van der Waals surface area contributed by atoms with Crippen molar-refractivity contribution >= 4 is 16.8 Å². The monoisotopic (exact) mass is 489 g/mol. The molecule has 0 spiro atoms. The third-order valence-electron chi connectivity index (χ3n) is 6.84. The zero-order valence-electron chi connectivity index (χ0n) is 18.8. The second-order valence-corrected chi connectivity index (χ2v) is 8.84. The number of aromatic nitrogens is 2. The highest BCUT2D eigenvalue weighted by Crippen LogP contribution is 2.45. The van der Waals surface area contributed by atoms with Crippen molar-refractivity contribution in [3.63, 3.8) is 0 Å². The van der Waals surface area contributed by atoms with Gasteiger partial charge in [0.15, 0.2) is 0 Å². The summed E-state index contributed by atoms with van der Waals surface area (Å²) in [7, 11) is 0. The van der Waals surface area contributed by atoms with Crippen LogP contribution < -0.4 is 9.47 Å². The van der Waals surface area contributed by atoms with Crippen molar-refractivity contribution in [3.05, 3.63) is 59.9 Å². The lowest BCUT2D eigenvalue weighted by Crippen LogP contribution is -2.51. The van der Waals surface area contributed by atoms with Crippen LogP contribution in [0.5, 0.6) is 11.6 Å². The maximum absolute atomic E-state index is 13.9. The molecule has 4 atom stereocenters. The molecule has 3 aromatic rings. The first-order chi connectivity index (χ1) is 16.8. The molecule has 2 bridgehead atoms. The third-order valence-corrected chi connectivity index (χ3v) is 6.84. The molecule has 2 fully saturated rings. The van der Waals surface area contributed by atoms with Crippen molar-refractivity contribution in [2.24, 2.45) is 5.92 Å². The third kappa shape index (κ3) is 4.26. The standard InChI is InChI=1S/C25H23F4N3O3/c1-14-16-11-18(20(12-16)35-21-7-5-17(13-31-21)25(27,28)29)32(14)24(33)22-19(34-10-8-26)6-4-15-3-2-9-30-23(15)22/h2-7,9,13-14,16,18,20H,8,10-12H2,1H3/t14-,16-,18+,20-/m1/s1. The van der Waals surface area contributed by atoms with Gasteiger partial charge in [-0.25, -0.2) is 9.37 Å². The average Bonchev–Trinajstić information content (AvgIpc) is 3.39. The first kappa shape index (κ1) is 23.3. The van der Waals surface area contributed by atoms with Gasteiger partial charge in [-0.3, -0.25) is 9.78 Å². The van der Waals surface area contributed by atoms with Gasteiger partial charge in [0.05, 0.1) is 17.1 Å². The van der Waals surface area contributed by atoms with E-state index in [0.717, 1.165) is 17.6 Å². The van der Waals surface area contributed by atoms with Crippen LogP contribution in [-0.4, -0.2) is 52.2 Å². The van der Waals surface area contributed by atoms with E-state index in [2.05, 4.69) is 9.97 Å². The van der Waals surface area contributed by atoms with Crippen molar-refractivity contribution in [2.75, 3.05) is 13.3 Å². The Balaban J connectivity index is 1.43. The maximum Gasteiger partial charge on any atom is 0.417 e. The largest absolute Gasteiger partial charge is 0.490 e. The van der Waals surface area contributed by atoms with E-state index in [9.17, 15) is 22.4 Å². The lowest BCUT2D eigenvalue weighted by Gasteiger charge is -2.38. The molecule has 1 saturated heterocycles. The van der Waals surface area contributed by atoms with E-state index in [1.165, 1.54) is 6.07 Å². The second kappa shape index (κ2) is 8.98. The molecule has 1 aromatic carbocycles. The van der Waals surface area contributed by atoms with Gasteiger partial charge in [-0.15, -0.1) is 0 Å². The number of amides is 1. The molecular formula is C25H23F4N3O3. The van der Waals surface area contributed by atoms with Gasteiger partial charge in [-0.1, -0.05) is 6.07 Å². The molecule has 6 nitrogen and oxygen atoms in total. The van der Waals surface area contributed by atoms with Crippen LogP contribution in [0.3, 0.4) is 0 Å². The zero-order chi connectivity index (χ0) is 24.7. The second-order valence-electron chi connectivity index (χ2n) is 8.84. The molecule has 1 amide bonds. The summed E-state index contributed by atoms with van der Waals surface area (Å²) in [5.41, 5.74) is -0.124. The molecule has 0 N–H and O–H groups in total. The van der Waals surface area contributed by atoms with Crippen LogP contribution in [0.25, 0.3) is 10.9 Å². The lowest BCUT2D eigenvalue weighted by atomic mass is 9.97. The molecule has 10 heteroatoms. The minimum Gasteiger partial charge on any atom is -0.490 e. The van der Waals surface area contributed by atoms with E-state index < -0.39 is 24.5 Å². The number of benzene rings is 1. The summed E-state index contributed by atoms with van der Waals surface area (Å²) in [5.74, 6) is 0.212. The molecule has 3 heterocycles.